The average molecular weight is 352 g/mol. The fourth-order valence-electron chi connectivity index (χ4n) is 1.83. The van der Waals surface area contributed by atoms with Gasteiger partial charge in [-0.3, -0.25) is 4.68 Å². The molecule has 0 amide bonds. The molecule has 0 N–H and O–H groups in total. The van der Waals surface area contributed by atoms with Crippen LogP contribution in [0.15, 0.2) is 6.07 Å². The van der Waals surface area contributed by atoms with E-state index in [0.717, 1.165) is 22.8 Å². The summed E-state index contributed by atoms with van der Waals surface area (Å²) in [5.41, 5.74) is 2.67. The molecule has 1 aromatic heterocycles. The summed E-state index contributed by atoms with van der Waals surface area (Å²) in [6, 6.07) is 2.18. The highest BCUT2D eigenvalue weighted by Crippen LogP contribution is 2.35. The van der Waals surface area contributed by atoms with Crippen LogP contribution >= 0.6 is 31.9 Å². The van der Waals surface area contributed by atoms with Crippen molar-refractivity contribution >= 4 is 31.9 Å². The Balaban J connectivity index is 2.95. The molecule has 0 aliphatic carbocycles. The van der Waals surface area contributed by atoms with E-state index in [-0.39, 0.29) is 5.41 Å². The van der Waals surface area contributed by atoms with E-state index < -0.39 is 0 Å². The van der Waals surface area contributed by atoms with Crippen LogP contribution in [0.3, 0.4) is 0 Å². The highest BCUT2D eigenvalue weighted by Gasteiger charge is 2.32. The number of rotatable bonds is 5. The van der Waals surface area contributed by atoms with Crippen molar-refractivity contribution in [2.45, 2.75) is 27.2 Å². The second-order valence-electron chi connectivity index (χ2n) is 4.86. The first kappa shape index (κ1) is 14.2. The number of aromatic nitrogens is 2. The minimum Gasteiger partial charge on any atom is -0.272 e. The Morgan fingerprint density at radius 3 is 2.25 bits per heavy atom. The summed E-state index contributed by atoms with van der Waals surface area (Å²) >= 11 is 7.33. The van der Waals surface area contributed by atoms with E-state index in [1.165, 1.54) is 5.69 Å². The largest absolute Gasteiger partial charge is 0.272 e. The van der Waals surface area contributed by atoms with Crippen LogP contribution in [0.2, 0.25) is 0 Å². The van der Waals surface area contributed by atoms with E-state index in [4.69, 9.17) is 0 Å². The lowest BCUT2D eigenvalue weighted by Gasteiger charge is -2.34. The summed E-state index contributed by atoms with van der Waals surface area (Å²) in [6.07, 6.45) is 1.05. The zero-order chi connectivity index (χ0) is 12.3. The Kier molecular flexibility index (Phi) is 5.05. The first-order chi connectivity index (χ1) is 7.45. The Morgan fingerprint density at radius 1 is 1.38 bits per heavy atom. The molecule has 92 valence electrons. The maximum atomic E-state index is 4.41. The smallest absolute Gasteiger partial charge is 0.0596 e. The molecule has 0 saturated carbocycles. The fourth-order valence-corrected chi connectivity index (χ4v) is 4.45. The van der Waals surface area contributed by atoms with Crippen LogP contribution in [0.4, 0.5) is 0 Å². The van der Waals surface area contributed by atoms with Gasteiger partial charge in [-0.05, 0) is 30.7 Å². The molecule has 0 spiro atoms. The third-order valence-electron chi connectivity index (χ3n) is 3.39. The van der Waals surface area contributed by atoms with Crippen LogP contribution in [-0.4, -0.2) is 20.4 Å². The molecule has 4 heteroatoms. The van der Waals surface area contributed by atoms with Crippen LogP contribution in [0, 0.1) is 18.3 Å². The van der Waals surface area contributed by atoms with Crippen molar-refractivity contribution in [2.75, 3.05) is 10.7 Å². The Hall–Kier alpha value is 0.170. The molecule has 0 radical (unpaired) electrons. The van der Waals surface area contributed by atoms with Gasteiger partial charge in [-0.15, -0.1) is 0 Å². The Labute approximate surface area is 115 Å². The molecule has 0 aliphatic rings. The molecular formula is C12H20Br2N2. The van der Waals surface area contributed by atoms with Gasteiger partial charge >= 0.3 is 0 Å². The standard InChI is InChI=1S/C12H20Br2N2/c1-9(2)12(7-13,8-14)6-11-5-10(3)15-16(11)4/h5,9H,6-8H2,1-4H3. The lowest BCUT2D eigenvalue weighted by Crippen LogP contribution is -2.34. The van der Waals surface area contributed by atoms with Crippen LogP contribution in [0.1, 0.15) is 25.2 Å². The van der Waals surface area contributed by atoms with Gasteiger partial charge in [0.2, 0.25) is 0 Å². The Morgan fingerprint density at radius 2 is 1.94 bits per heavy atom. The average Bonchev–Trinajstić information content (AvgIpc) is 2.53. The predicted octanol–water partition coefficient (Wildman–Crippen LogP) is 3.70. The van der Waals surface area contributed by atoms with Crippen molar-refractivity contribution in [3.05, 3.63) is 17.5 Å². The van der Waals surface area contributed by atoms with Gasteiger partial charge in [0.05, 0.1) is 5.69 Å². The van der Waals surface area contributed by atoms with Crippen molar-refractivity contribution < 1.29 is 0 Å². The predicted molar refractivity (Wildman–Crippen MR) is 76.5 cm³/mol. The van der Waals surface area contributed by atoms with Crippen molar-refractivity contribution in [3.63, 3.8) is 0 Å². The van der Waals surface area contributed by atoms with Crippen molar-refractivity contribution in [2.24, 2.45) is 18.4 Å². The van der Waals surface area contributed by atoms with Crippen molar-refractivity contribution in [3.8, 4) is 0 Å². The summed E-state index contributed by atoms with van der Waals surface area (Å²) in [7, 11) is 2.02. The van der Waals surface area contributed by atoms with Gasteiger partial charge in [0, 0.05) is 23.4 Å². The molecule has 1 aromatic rings. The number of aryl methyl sites for hydroxylation is 2. The first-order valence-electron chi connectivity index (χ1n) is 5.56. The first-order valence-corrected chi connectivity index (χ1v) is 7.81. The minimum absolute atomic E-state index is 0.264. The second-order valence-corrected chi connectivity index (χ2v) is 5.98. The van der Waals surface area contributed by atoms with Gasteiger partial charge in [-0.1, -0.05) is 45.7 Å². The summed E-state index contributed by atoms with van der Waals surface area (Å²) in [5.74, 6) is 0.626. The van der Waals surface area contributed by atoms with Gasteiger partial charge in [0.15, 0.2) is 0 Å². The van der Waals surface area contributed by atoms with E-state index >= 15 is 0 Å². The van der Waals surface area contributed by atoms with Crippen LogP contribution < -0.4 is 0 Å². The highest BCUT2D eigenvalue weighted by molar-refractivity contribution is 9.09. The number of halogens is 2. The van der Waals surface area contributed by atoms with Crippen LogP contribution in [-0.2, 0) is 13.5 Å². The summed E-state index contributed by atoms with van der Waals surface area (Å²) in [6.45, 7) is 6.61. The lowest BCUT2D eigenvalue weighted by atomic mass is 9.77. The van der Waals surface area contributed by atoms with E-state index in [9.17, 15) is 0 Å². The molecule has 0 unspecified atom stereocenters. The van der Waals surface area contributed by atoms with Gasteiger partial charge in [0.25, 0.3) is 0 Å². The zero-order valence-corrected chi connectivity index (χ0v) is 13.6. The normalized spacial score (nSPS) is 12.4. The zero-order valence-electron chi connectivity index (χ0n) is 10.4. The van der Waals surface area contributed by atoms with Crippen LogP contribution in [0.25, 0.3) is 0 Å². The monoisotopic (exact) mass is 350 g/mol. The molecule has 2 nitrogen and oxygen atoms in total. The molecular weight excluding hydrogens is 332 g/mol. The van der Waals surface area contributed by atoms with E-state index in [1.807, 2.05) is 18.7 Å². The number of hydrogen-bond donors (Lipinski definition) is 0. The third-order valence-corrected chi connectivity index (χ3v) is 5.62. The van der Waals surface area contributed by atoms with E-state index in [1.54, 1.807) is 0 Å². The summed E-state index contributed by atoms with van der Waals surface area (Å²) in [5, 5.41) is 6.42. The number of alkyl halides is 2. The lowest BCUT2D eigenvalue weighted by molar-refractivity contribution is 0.262. The number of hydrogen-bond acceptors (Lipinski definition) is 1. The molecule has 0 aliphatic heterocycles. The third kappa shape index (κ3) is 2.89. The van der Waals surface area contributed by atoms with Gasteiger partial charge < -0.3 is 0 Å². The second kappa shape index (κ2) is 5.67. The summed E-state index contributed by atoms with van der Waals surface area (Å²) in [4.78, 5) is 0. The SMILES string of the molecule is Cc1cc(CC(CBr)(CBr)C(C)C)n(C)n1. The topological polar surface area (TPSA) is 17.8 Å². The molecule has 0 aromatic carbocycles. The maximum absolute atomic E-state index is 4.41. The highest BCUT2D eigenvalue weighted by atomic mass is 79.9. The fraction of sp³-hybridized carbons (Fsp3) is 0.750. The van der Waals surface area contributed by atoms with Crippen LogP contribution in [0.5, 0.6) is 0 Å². The molecule has 0 atom stereocenters. The molecule has 0 bridgehead atoms. The molecule has 0 saturated heterocycles. The molecule has 1 heterocycles. The quantitative estimate of drug-likeness (QED) is 0.739. The molecule has 0 fully saturated rings. The van der Waals surface area contributed by atoms with E-state index in [0.29, 0.717) is 5.92 Å². The summed E-state index contributed by atoms with van der Waals surface area (Å²) < 4.78 is 2.00. The van der Waals surface area contributed by atoms with Gasteiger partial charge in [-0.2, -0.15) is 5.10 Å². The van der Waals surface area contributed by atoms with Gasteiger partial charge in [0.1, 0.15) is 0 Å². The maximum Gasteiger partial charge on any atom is 0.0596 e. The van der Waals surface area contributed by atoms with E-state index in [2.05, 4.69) is 56.9 Å². The van der Waals surface area contributed by atoms with Crippen molar-refractivity contribution in [1.29, 1.82) is 0 Å². The minimum atomic E-state index is 0.264. The molecule has 16 heavy (non-hydrogen) atoms. The number of nitrogens with zero attached hydrogens (tertiary/aromatic N) is 2. The Bertz CT molecular complexity index is 341. The van der Waals surface area contributed by atoms with Gasteiger partial charge in [-0.25, -0.2) is 0 Å². The molecule has 1 rings (SSSR count). The van der Waals surface area contributed by atoms with Crippen molar-refractivity contribution in [1.82, 2.24) is 9.78 Å².